The summed E-state index contributed by atoms with van der Waals surface area (Å²) in [6, 6.07) is 5.41. The fraction of sp³-hybridized carbons (Fsp3) is 0.214. The first-order valence-electron chi connectivity index (χ1n) is 6.07. The summed E-state index contributed by atoms with van der Waals surface area (Å²) >= 11 is 0. The van der Waals surface area contributed by atoms with E-state index in [0.717, 1.165) is 17.7 Å². The third-order valence-electron chi connectivity index (χ3n) is 3.19. The molecule has 1 aliphatic heterocycles. The molecule has 0 spiro atoms. The summed E-state index contributed by atoms with van der Waals surface area (Å²) in [5.41, 5.74) is 7.85. The average molecular weight is 255 g/mol. The molecule has 1 aliphatic rings. The van der Waals surface area contributed by atoms with Crippen molar-refractivity contribution < 1.29 is 9.53 Å². The van der Waals surface area contributed by atoms with E-state index < -0.39 is 11.8 Å². The third-order valence-corrected chi connectivity index (χ3v) is 3.19. The third kappa shape index (κ3) is 2.03. The standard InChI is InChI=1S/C14H13N3O2/c15-14(18)12(11-3-1-2-5-17-11)10-8-16-7-9-4-6-19-13(9)10/h1-3,5,7-8,12H,4,6H2,(H2,15,18). The molecule has 2 aromatic heterocycles. The van der Waals surface area contributed by atoms with E-state index in [0.29, 0.717) is 17.9 Å². The van der Waals surface area contributed by atoms with Crippen molar-refractivity contribution in [1.82, 2.24) is 9.97 Å². The maximum Gasteiger partial charge on any atom is 0.231 e. The van der Waals surface area contributed by atoms with Gasteiger partial charge in [0.25, 0.3) is 0 Å². The first-order chi connectivity index (χ1) is 9.27. The summed E-state index contributed by atoms with van der Waals surface area (Å²) in [4.78, 5) is 20.2. The van der Waals surface area contributed by atoms with Crippen LogP contribution in [0.3, 0.4) is 0 Å². The molecule has 1 atom stereocenters. The van der Waals surface area contributed by atoms with E-state index in [-0.39, 0.29) is 0 Å². The molecule has 0 saturated carbocycles. The highest BCUT2D eigenvalue weighted by molar-refractivity contribution is 5.86. The number of pyridine rings is 2. The Morgan fingerprint density at radius 2 is 2.26 bits per heavy atom. The van der Waals surface area contributed by atoms with E-state index >= 15 is 0 Å². The van der Waals surface area contributed by atoms with Crippen molar-refractivity contribution in [3.05, 3.63) is 53.6 Å². The molecule has 3 heterocycles. The minimum absolute atomic E-state index is 0.454. The number of carbonyl (C=O) groups is 1. The summed E-state index contributed by atoms with van der Waals surface area (Å²) in [6.45, 7) is 0.613. The van der Waals surface area contributed by atoms with Gasteiger partial charge in [0.15, 0.2) is 0 Å². The van der Waals surface area contributed by atoms with Crippen molar-refractivity contribution in [2.75, 3.05) is 6.61 Å². The van der Waals surface area contributed by atoms with Gasteiger partial charge in [-0.3, -0.25) is 14.8 Å². The molecule has 19 heavy (non-hydrogen) atoms. The quantitative estimate of drug-likeness (QED) is 0.888. The summed E-state index contributed by atoms with van der Waals surface area (Å²) in [5, 5.41) is 0. The number of carbonyl (C=O) groups excluding carboxylic acids is 1. The Kier molecular flexibility index (Phi) is 2.87. The second-order valence-corrected chi connectivity index (χ2v) is 4.41. The van der Waals surface area contributed by atoms with Crippen LogP contribution >= 0.6 is 0 Å². The fourth-order valence-corrected chi connectivity index (χ4v) is 2.34. The van der Waals surface area contributed by atoms with Gasteiger partial charge in [0.2, 0.25) is 5.91 Å². The zero-order valence-electron chi connectivity index (χ0n) is 10.2. The van der Waals surface area contributed by atoms with Crippen LogP contribution < -0.4 is 10.5 Å². The number of fused-ring (bicyclic) bond motifs is 1. The lowest BCUT2D eigenvalue weighted by Crippen LogP contribution is -2.23. The first kappa shape index (κ1) is 11.6. The SMILES string of the molecule is NC(=O)C(c1ccccn1)c1cncc2c1OCC2. The van der Waals surface area contributed by atoms with Crippen molar-refractivity contribution in [2.24, 2.45) is 5.73 Å². The van der Waals surface area contributed by atoms with Gasteiger partial charge in [-0.25, -0.2) is 0 Å². The van der Waals surface area contributed by atoms with Crippen LogP contribution in [-0.2, 0) is 11.2 Å². The molecule has 3 rings (SSSR count). The largest absolute Gasteiger partial charge is 0.493 e. The van der Waals surface area contributed by atoms with Crippen LogP contribution in [0.5, 0.6) is 5.75 Å². The minimum Gasteiger partial charge on any atom is -0.493 e. The lowest BCUT2D eigenvalue weighted by molar-refractivity contribution is -0.118. The summed E-state index contributed by atoms with van der Waals surface area (Å²) in [7, 11) is 0. The molecule has 1 amide bonds. The van der Waals surface area contributed by atoms with Gasteiger partial charge < -0.3 is 10.5 Å². The highest BCUT2D eigenvalue weighted by Gasteiger charge is 2.28. The van der Waals surface area contributed by atoms with Crippen molar-refractivity contribution in [2.45, 2.75) is 12.3 Å². The summed E-state index contributed by atoms with van der Waals surface area (Å²) < 4.78 is 5.61. The maximum absolute atomic E-state index is 11.8. The highest BCUT2D eigenvalue weighted by atomic mass is 16.5. The normalized spacial score (nSPS) is 14.5. The van der Waals surface area contributed by atoms with E-state index in [1.165, 1.54) is 0 Å². The molecule has 0 aromatic carbocycles. The predicted molar refractivity (Wildman–Crippen MR) is 68.7 cm³/mol. The predicted octanol–water partition coefficient (Wildman–Crippen LogP) is 1.03. The lowest BCUT2D eigenvalue weighted by Gasteiger charge is -2.15. The Hall–Kier alpha value is -2.43. The zero-order valence-corrected chi connectivity index (χ0v) is 10.2. The average Bonchev–Trinajstić information content (AvgIpc) is 2.89. The number of primary amides is 1. The van der Waals surface area contributed by atoms with Crippen LogP contribution in [0.15, 0.2) is 36.8 Å². The van der Waals surface area contributed by atoms with Gasteiger partial charge in [-0.2, -0.15) is 0 Å². The van der Waals surface area contributed by atoms with Crippen molar-refractivity contribution in [3.63, 3.8) is 0 Å². The van der Waals surface area contributed by atoms with Gasteiger partial charge in [-0.05, 0) is 12.1 Å². The maximum atomic E-state index is 11.8. The van der Waals surface area contributed by atoms with Crippen LogP contribution in [0.4, 0.5) is 0 Å². The van der Waals surface area contributed by atoms with Gasteiger partial charge in [0.1, 0.15) is 11.7 Å². The second-order valence-electron chi connectivity index (χ2n) is 4.41. The Morgan fingerprint density at radius 3 is 3.00 bits per heavy atom. The van der Waals surface area contributed by atoms with Crippen molar-refractivity contribution in [1.29, 1.82) is 0 Å². The first-order valence-corrected chi connectivity index (χ1v) is 6.07. The molecular weight excluding hydrogens is 242 g/mol. The smallest absolute Gasteiger partial charge is 0.231 e. The molecule has 2 aromatic rings. The van der Waals surface area contributed by atoms with Crippen LogP contribution in [-0.4, -0.2) is 22.5 Å². The van der Waals surface area contributed by atoms with Crippen molar-refractivity contribution >= 4 is 5.91 Å². The Bertz CT molecular complexity index is 613. The van der Waals surface area contributed by atoms with Crippen LogP contribution in [0, 0.1) is 0 Å². The molecule has 0 saturated heterocycles. The zero-order chi connectivity index (χ0) is 13.2. The molecule has 5 heteroatoms. The molecule has 0 fully saturated rings. The van der Waals surface area contributed by atoms with Crippen LogP contribution in [0.2, 0.25) is 0 Å². The molecular formula is C14H13N3O2. The number of ether oxygens (including phenoxy) is 1. The lowest BCUT2D eigenvalue weighted by atomic mass is 9.94. The molecule has 96 valence electrons. The highest BCUT2D eigenvalue weighted by Crippen LogP contribution is 2.35. The molecule has 1 unspecified atom stereocenters. The number of nitrogens with zero attached hydrogens (tertiary/aromatic N) is 2. The summed E-state index contributed by atoms with van der Waals surface area (Å²) in [5.74, 6) is -0.351. The number of nitrogens with two attached hydrogens (primary N) is 1. The topological polar surface area (TPSA) is 78.1 Å². The number of hydrogen-bond acceptors (Lipinski definition) is 4. The van der Waals surface area contributed by atoms with E-state index in [2.05, 4.69) is 9.97 Å². The van der Waals surface area contributed by atoms with Gasteiger partial charge >= 0.3 is 0 Å². The second kappa shape index (κ2) is 4.68. The summed E-state index contributed by atoms with van der Waals surface area (Å²) in [6.07, 6.45) is 5.85. The molecule has 5 nitrogen and oxygen atoms in total. The molecule has 0 aliphatic carbocycles. The molecule has 0 radical (unpaired) electrons. The fourth-order valence-electron chi connectivity index (χ4n) is 2.34. The van der Waals surface area contributed by atoms with E-state index in [9.17, 15) is 4.79 Å². The van der Waals surface area contributed by atoms with E-state index in [1.54, 1.807) is 30.7 Å². The Morgan fingerprint density at radius 1 is 1.37 bits per heavy atom. The van der Waals surface area contributed by atoms with Gasteiger partial charge in [0, 0.05) is 36.1 Å². The molecule has 0 bridgehead atoms. The van der Waals surface area contributed by atoms with Gasteiger partial charge in [0.05, 0.1) is 12.3 Å². The van der Waals surface area contributed by atoms with E-state index in [1.807, 2.05) is 6.07 Å². The van der Waals surface area contributed by atoms with Crippen LogP contribution in [0.25, 0.3) is 0 Å². The number of hydrogen-bond donors (Lipinski definition) is 1. The monoisotopic (exact) mass is 255 g/mol. The van der Waals surface area contributed by atoms with E-state index in [4.69, 9.17) is 10.5 Å². The molecule has 2 N–H and O–H groups in total. The number of amides is 1. The van der Waals surface area contributed by atoms with Crippen molar-refractivity contribution in [3.8, 4) is 5.75 Å². The number of aromatic nitrogens is 2. The minimum atomic E-state index is -0.623. The number of rotatable bonds is 3. The van der Waals surface area contributed by atoms with Gasteiger partial charge in [-0.1, -0.05) is 6.07 Å². The Labute approximate surface area is 110 Å². The Balaban J connectivity index is 2.12. The van der Waals surface area contributed by atoms with Crippen LogP contribution in [0.1, 0.15) is 22.7 Å². The van der Waals surface area contributed by atoms with Gasteiger partial charge in [-0.15, -0.1) is 0 Å².